The molecule has 1 aliphatic heterocycles. The van der Waals surface area contributed by atoms with Crippen molar-refractivity contribution in [2.75, 3.05) is 0 Å². The molecular weight excluding hydrogens is 164 g/mol. The molecule has 0 bridgehead atoms. The molecule has 3 rings (SSSR count). The minimum Gasteiger partial charge on any atom is -0.393 e. The molecular formula is C11H18O2. The molecule has 13 heavy (non-hydrogen) atoms. The van der Waals surface area contributed by atoms with Crippen molar-refractivity contribution in [3.05, 3.63) is 0 Å². The molecule has 0 spiro atoms. The highest BCUT2D eigenvalue weighted by Gasteiger charge is 2.59. The maximum atomic E-state index is 9.62. The van der Waals surface area contributed by atoms with Crippen LogP contribution in [0.1, 0.15) is 39.0 Å². The van der Waals surface area contributed by atoms with Crippen molar-refractivity contribution in [3.8, 4) is 0 Å². The van der Waals surface area contributed by atoms with Crippen molar-refractivity contribution in [2.24, 2.45) is 11.3 Å². The summed E-state index contributed by atoms with van der Waals surface area (Å²) < 4.78 is 5.70. The summed E-state index contributed by atoms with van der Waals surface area (Å²) in [4.78, 5) is 0. The second kappa shape index (κ2) is 2.48. The van der Waals surface area contributed by atoms with Crippen molar-refractivity contribution in [3.63, 3.8) is 0 Å². The van der Waals surface area contributed by atoms with E-state index in [0.717, 1.165) is 18.8 Å². The summed E-state index contributed by atoms with van der Waals surface area (Å²) >= 11 is 0. The SMILES string of the molecule is C[C@]12CC[C@H](O)C[C@H]1CC[C@@H]1O[C@@H]12. The van der Waals surface area contributed by atoms with E-state index in [4.69, 9.17) is 4.74 Å². The van der Waals surface area contributed by atoms with Gasteiger partial charge in [-0.05, 0) is 43.4 Å². The molecule has 0 unspecified atom stereocenters. The highest BCUT2D eigenvalue weighted by atomic mass is 16.6. The number of hydrogen-bond donors (Lipinski definition) is 1. The van der Waals surface area contributed by atoms with Gasteiger partial charge in [0.15, 0.2) is 0 Å². The number of epoxide rings is 1. The fourth-order valence-electron chi connectivity index (χ4n) is 3.53. The van der Waals surface area contributed by atoms with Gasteiger partial charge >= 0.3 is 0 Å². The Bertz CT molecular complexity index is 228. The van der Waals surface area contributed by atoms with E-state index in [9.17, 15) is 5.11 Å². The Balaban J connectivity index is 1.83. The molecule has 3 fully saturated rings. The molecule has 1 heterocycles. The van der Waals surface area contributed by atoms with Crippen LogP contribution in [0.2, 0.25) is 0 Å². The molecule has 0 aromatic rings. The lowest BCUT2D eigenvalue weighted by Gasteiger charge is -2.44. The minimum atomic E-state index is -0.0339. The van der Waals surface area contributed by atoms with Gasteiger partial charge in [0.05, 0.1) is 18.3 Å². The highest BCUT2D eigenvalue weighted by molar-refractivity contribution is 5.07. The molecule has 2 saturated carbocycles. The minimum absolute atomic E-state index is 0.0339. The van der Waals surface area contributed by atoms with Gasteiger partial charge in [-0.25, -0.2) is 0 Å². The monoisotopic (exact) mass is 182 g/mol. The number of hydrogen-bond acceptors (Lipinski definition) is 2. The van der Waals surface area contributed by atoms with E-state index in [1.165, 1.54) is 19.3 Å². The first-order valence-corrected chi connectivity index (χ1v) is 5.54. The Morgan fingerprint density at radius 1 is 1.31 bits per heavy atom. The molecule has 2 nitrogen and oxygen atoms in total. The molecule has 5 atom stereocenters. The zero-order valence-corrected chi connectivity index (χ0v) is 8.20. The van der Waals surface area contributed by atoms with Crippen LogP contribution in [-0.2, 0) is 4.74 Å². The van der Waals surface area contributed by atoms with Crippen LogP contribution in [0.25, 0.3) is 0 Å². The lowest BCUT2D eigenvalue weighted by Crippen LogP contribution is -2.43. The van der Waals surface area contributed by atoms with Crippen molar-refractivity contribution in [2.45, 2.75) is 57.3 Å². The summed E-state index contributed by atoms with van der Waals surface area (Å²) in [5.74, 6) is 0.722. The van der Waals surface area contributed by atoms with E-state index in [1.807, 2.05) is 0 Å². The lowest BCUT2D eigenvalue weighted by atomic mass is 9.60. The summed E-state index contributed by atoms with van der Waals surface area (Å²) in [5, 5.41) is 9.62. The molecule has 2 heteroatoms. The molecule has 1 N–H and O–H groups in total. The molecule has 3 aliphatic rings. The van der Waals surface area contributed by atoms with Gasteiger partial charge in [0.2, 0.25) is 0 Å². The quantitative estimate of drug-likeness (QED) is 0.578. The van der Waals surface area contributed by atoms with Crippen molar-refractivity contribution < 1.29 is 9.84 Å². The Labute approximate surface area is 79.3 Å². The number of aliphatic hydroxyl groups is 1. The molecule has 0 amide bonds. The van der Waals surface area contributed by atoms with Gasteiger partial charge < -0.3 is 9.84 Å². The van der Waals surface area contributed by atoms with Crippen LogP contribution < -0.4 is 0 Å². The van der Waals surface area contributed by atoms with Crippen LogP contribution in [-0.4, -0.2) is 23.4 Å². The van der Waals surface area contributed by atoms with Crippen LogP contribution in [0, 0.1) is 11.3 Å². The van der Waals surface area contributed by atoms with E-state index < -0.39 is 0 Å². The van der Waals surface area contributed by atoms with E-state index in [0.29, 0.717) is 17.6 Å². The maximum absolute atomic E-state index is 9.62. The molecule has 0 aromatic carbocycles. The average molecular weight is 182 g/mol. The molecule has 1 saturated heterocycles. The normalized spacial score (nSPS) is 59.5. The molecule has 0 radical (unpaired) electrons. The van der Waals surface area contributed by atoms with E-state index in [-0.39, 0.29) is 6.10 Å². The number of aliphatic hydroxyl groups excluding tert-OH is 1. The maximum Gasteiger partial charge on any atom is 0.0897 e. The van der Waals surface area contributed by atoms with Gasteiger partial charge in [0.25, 0.3) is 0 Å². The number of fused-ring (bicyclic) bond motifs is 3. The van der Waals surface area contributed by atoms with Crippen LogP contribution >= 0.6 is 0 Å². The summed E-state index contributed by atoms with van der Waals surface area (Å²) in [6.45, 7) is 2.37. The molecule has 0 aromatic heterocycles. The van der Waals surface area contributed by atoms with Crippen LogP contribution in [0.4, 0.5) is 0 Å². The fourth-order valence-corrected chi connectivity index (χ4v) is 3.53. The zero-order valence-electron chi connectivity index (χ0n) is 8.20. The second-order valence-corrected chi connectivity index (χ2v) is 5.30. The smallest absolute Gasteiger partial charge is 0.0897 e. The summed E-state index contributed by atoms with van der Waals surface area (Å²) in [6.07, 6.45) is 6.76. The molecule has 2 aliphatic carbocycles. The Morgan fingerprint density at radius 2 is 2.15 bits per heavy atom. The van der Waals surface area contributed by atoms with Crippen molar-refractivity contribution in [1.82, 2.24) is 0 Å². The van der Waals surface area contributed by atoms with Crippen LogP contribution in [0.3, 0.4) is 0 Å². The Hall–Kier alpha value is -0.0800. The summed E-state index contributed by atoms with van der Waals surface area (Å²) in [6, 6.07) is 0. The third-order valence-corrected chi connectivity index (χ3v) is 4.54. The van der Waals surface area contributed by atoms with Crippen molar-refractivity contribution in [1.29, 1.82) is 0 Å². The highest BCUT2D eigenvalue weighted by Crippen LogP contribution is 2.57. The third-order valence-electron chi connectivity index (χ3n) is 4.54. The summed E-state index contributed by atoms with van der Waals surface area (Å²) in [5.41, 5.74) is 0.405. The predicted molar refractivity (Wildman–Crippen MR) is 49.3 cm³/mol. The zero-order chi connectivity index (χ0) is 9.05. The van der Waals surface area contributed by atoms with Crippen LogP contribution in [0.15, 0.2) is 0 Å². The van der Waals surface area contributed by atoms with Gasteiger partial charge in [-0.3, -0.25) is 0 Å². The van der Waals surface area contributed by atoms with E-state index >= 15 is 0 Å². The second-order valence-electron chi connectivity index (χ2n) is 5.30. The van der Waals surface area contributed by atoms with E-state index in [2.05, 4.69) is 6.92 Å². The van der Waals surface area contributed by atoms with Gasteiger partial charge in [-0.2, -0.15) is 0 Å². The van der Waals surface area contributed by atoms with Gasteiger partial charge in [-0.1, -0.05) is 6.92 Å². The van der Waals surface area contributed by atoms with Crippen LogP contribution in [0.5, 0.6) is 0 Å². The summed E-state index contributed by atoms with van der Waals surface area (Å²) in [7, 11) is 0. The first kappa shape index (κ1) is 8.25. The van der Waals surface area contributed by atoms with Crippen molar-refractivity contribution >= 4 is 0 Å². The first-order chi connectivity index (χ1) is 6.20. The van der Waals surface area contributed by atoms with Gasteiger partial charge in [0.1, 0.15) is 0 Å². The number of ether oxygens (including phenoxy) is 1. The van der Waals surface area contributed by atoms with Gasteiger partial charge in [-0.15, -0.1) is 0 Å². The van der Waals surface area contributed by atoms with E-state index in [1.54, 1.807) is 0 Å². The third kappa shape index (κ3) is 1.08. The Kier molecular flexibility index (Phi) is 1.58. The predicted octanol–water partition coefficient (Wildman–Crippen LogP) is 1.71. The van der Waals surface area contributed by atoms with Gasteiger partial charge in [0, 0.05) is 0 Å². The fraction of sp³-hybridized carbons (Fsp3) is 1.00. The largest absolute Gasteiger partial charge is 0.393 e. The topological polar surface area (TPSA) is 32.8 Å². The first-order valence-electron chi connectivity index (χ1n) is 5.54. The number of rotatable bonds is 0. The Morgan fingerprint density at radius 3 is 3.00 bits per heavy atom. The molecule has 74 valence electrons. The standard InChI is InChI=1S/C11H18O2/c1-11-5-4-8(12)6-7(11)2-3-9-10(11)13-9/h7-10,12H,2-6H2,1H3/t7-,8+,9+,10+,11+/m1/s1. The lowest BCUT2D eigenvalue weighted by molar-refractivity contribution is -0.00563. The average Bonchev–Trinajstić information content (AvgIpc) is 2.86.